The topological polar surface area (TPSA) is 54.0 Å². The summed E-state index contributed by atoms with van der Waals surface area (Å²) in [6, 6.07) is 3.29. The molecular formula is C8H9ClNO4Te-. The van der Waals surface area contributed by atoms with Crippen molar-refractivity contribution in [2.24, 2.45) is 0 Å². The standard InChI is InChI=1S/C8H9ClNO4Te/c1-12-6-3-5-8(4-7(6)13-2)15(9)14-10(5)11/h3-4,15H,1-2H3/q-1. The summed E-state index contributed by atoms with van der Waals surface area (Å²) in [5, 5.41) is 11.8. The Labute approximate surface area is 97.9 Å². The minimum absolute atomic E-state index is 0.422. The van der Waals surface area contributed by atoms with Gasteiger partial charge in [0.05, 0.1) is 0 Å². The molecule has 1 heterocycles. The summed E-state index contributed by atoms with van der Waals surface area (Å²) in [7, 11) is 9.03. The van der Waals surface area contributed by atoms with Crippen LogP contribution in [0.25, 0.3) is 0 Å². The number of methoxy groups -OCH3 is 2. The van der Waals surface area contributed by atoms with Crippen LogP contribution < -0.4 is 18.3 Å². The van der Waals surface area contributed by atoms with Gasteiger partial charge in [0.25, 0.3) is 0 Å². The molecule has 1 atom stereocenters. The van der Waals surface area contributed by atoms with Gasteiger partial charge in [-0.2, -0.15) is 0 Å². The predicted octanol–water partition coefficient (Wildman–Crippen LogP) is 0.619. The van der Waals surface area contributed by atoms with Crippen LogP contribution in [-0.2, 0) is 3.20 Å². The van der Waals surface area contributed by atoms with Gasteiger partial charge < -0.3 is 0 Å². The van der Waals surface area contributed by atoms with Crippen molar-refractivity contribution in [2.45, 2.75) is 0 Å². The third-order valence-electron chi connectivity index (χ3n) is 2.01. The van der Waals surface area contributed by atoms with E-state index in [2.05, 4.69) is 0 Å². The quantitative estimate of drug-likeness (QED) is 0.735. The van der Waals surface area contributed by atoms with E-state index in [1.165, 1.54) is 14.2 Å². The van der Waals surface area contributed by atoms with Crippen LogP contribution in [-0.4, -0.2) is 33.1 Å². The Bertz CT molecular complexity index is 354. The average molecular weight is 346 g/mol. The molecule has 0 N–H and O–H groups in total. The van der Waals surface area contributed by atoms with Gasteiger partial charge in [0.2, 0.25) is 0 Å². The fourth-order valence-electron chi connectivity index (χ4n) is 1.30. The van der Waals surface area contributed by atoms with Gasteiger partial charge in [-0.25, -0.2) is 0 Å². The SMILES string of the molecule is COc1cc2c(cc1OC)[TeH](Cl)ON2[O-]. The maximum absolute atomic E-state index is 11.3. The second-order valence-corrected chi connectivity index (χ2v) is 8.08. The molecule has 0 saturated heterocycles. The van der Waals surface area contributed by atoms with E-state index in [9.17, 15) is 5.21 Å². The number of hydrogen-bond acceptors (Lipinski definition) is 5. The summed E-state index contributed by atoms with van der Waals surface area (Å²) < 4.78 is 15.9. The molecule has 84 valence electrons. The molecule has 0 aromatic heterocycles. The average Bonchev–Trinajstić information content (AvgIpc) is 2.52. The van der Waals surface area contributed by atoms with Crippen LogP contribution in [0.15, 0.2) is 12.1 Å². The van der Waals surface area contributed by atoms with Crippen molar-refractivity contribution in [3.63, 3.8) is 0 Å². The van der Waals surface area contributed by atoms with Crippen molar-refractivity contribution < 1.29 is 12.7 Å². The Morgan fingerprint density at radius 1 is 1.33 bits per heavy atom. The van der Waals surface area contributed by atoms with E-state index in [4.69, 9.17) is 21.6 Å². The number of ether oxygens (including phenoxy) is 2. The summed E-state index contributed by atoms with van der Waals surface area (Å²) in [5.41, 5.74) is 0.422. The fourth-order valence-corrected chi connectivity index (χ4v) is 5.01. The Morgan fingerprint density at radius 3 is 2.53 bits per heavy atom. The van der Waals surface area contributed by atoms with E-state index >= 15 is 0 Å². The van der Waals surface area contributed by atoms with Gasteiger partial charge >= 0.3 is 98.1 Å². The molecule has 0 fully saturated rings. The second kappa shape index (κ2) is 4.24. The van der Waals surface area contributed by atoms with Gasteiger partial charge in [-0.1, -0.05) is 0 Å². The molecule has 2 rings (SSSR count). The molecule has 5 nitrogen and oxygen atoms in total. The van der Waals surface area contributed by atoms with Crippen LogP contribution in [0.4, 0.5) is 5.69 Å². The zero-order valence-corrected chi connectivity index (χ0v) is 11.4. The van der Waals surface area contributed by atoms with Gasteiger partial charge in [-0.3, -0.25) is 0 Å². The zero-order valence-electron chi connectivity index (χ0n) is 8.06. The van der Waals surface area contributed by atoms with E-state index < -0.39 is 18.8 Å². The monoisotopic (exact) mass is 348 g/mol. The number of nitrogens with zero attached hydrogens (tertiary/aromatic N) is 1. The van der Waals surface area contributed by atoms with Gasteiger partial charge in [-0.15, -0.1) is 0 Å². The van der Waals surface area contributed by atoms with Crippen molar-refractivity contribution in [3.8, 4) is 11.5 Å². The van der Waals surface area contributed by atoms with Crippen molar-refractivity contribution in [1.82, 2.24) is 0 Å². The predicted molar refractivity (Wildman–Crippen MR) is 59.1 cm³/mol. The second-order valence-electron chi connectivity index (χ2n) is 2.78. The molecule has 1 aliphatic rings. The van der Waals surface area contributed by atoms with Crippen LogP contribution >= 0.6 is 8.96 Å². The molecule has 1 aliphatic heterocycles. The summed E-state index contributed by atoms with van der Waals surface area (Å²) >= 11 is -2.56. The molecule has 0 aliphatic carbocycles. The first-order valence-corrected chi connectivity index (χ1v) is 9.59. The molecule has 0 radical (unpaired) electrons. The minimum atomic E-state index is -2.56. The van der Waals surface area contributed by atoms with Gasteiger partial charge in [0.1, 0.15) is 0 Å². The summed E-state index contributed by atoms with van der Waals surface area (Å²) in [6.07, 6.45) is 0. The summed E-state index contributed by atoms with van der Waals surface area (Å²) in [6.45, 7) is 0. The summed E-state index contributed by atoms with van der Waals surface area (Å²) in [5.74, 6) is 1.05. The van der Waals surface area contributed by atoms with Crippen molar-refractivity contribution >= 4 is 37.1 Å². The first-order valence-electron chi connectivity index (χ1n) is 4.04. The third-order valence-corrected chi connectivity index (χ3v) is 6.58. The van der Waals surface area contributed by atoms with Crippen LogP contribution in [0.3, 0.4) is 0 Å². The summed E-state index contributed by atoms with van der Waals surface area (Å²) in [4.78, 5) is 0. The van der Waals surface area contributed by atoms with Gasteiger partial charge in [-0.05, 0) is 0 Å². The number of rotatable bonds is 2. The van der Waals surface area contributed by atoms with E-state index in [-0.39, 0.29) is 0 Å². The van der Waals surface area contributed by atoms with Crippen molar-refractivity contribution in [1.29, 1.82) is 0 Å². The first kappa shape index (κ1) is 11.1. The molecular weight excluding hydrogens is 337 g/mol. The van der Waals surface area contributed by atoms with E-state index in [0.29, 0.717) is 22.4 Å². The number of halogens is 1. The Morgan fingerprint density at radius 2 is 1.93 bits per heavy atom. The molecule has 1 aromatic rings. The van der Waals surface area contributed by atoms with Gasteiger partial charge in [0.15, 0.2) is 0 Å². The number of benzene rings is 1. The maximum atomic E-state index is 11.3. The Hall–Kier alpha value is -0.380. The zero-order chi connectivity index (χ0) is 11.0. The number of hydrogen-bond donors (Lipinski definition) is 0. The van der Waals surface area contributed by atoms with Crippen molar-refractivity contribution in [2.75, 3.05) is 19.4 Å². The fraction of sp³-hybridized carbons (Fsp3) is 0.250. The molecule has 0 spiro atoms. The molecule has 1 aromatic carbocycles. The van der Waals surface area contributed by atoms with E-state index in [0.717, 1.165) is 3.61 Å². The molecule has 0 bridgehead atoms. The van der Waals surface area contributed by atoms with Crippen LogP contribution in [0.1, 0.15) is 0 Å². The molecule has 15 heavy (non-hydrogen) atoms. The number of anilines is 1. The van der Waals surface area contributed by atoms with Crippen molar-refractivity contribution in [3.05, 3.63) is 17.3 Å². The van der Waals surface area contributed by atoms with E-state index in [1.807, 2.05) is 0 Å². The van der Waals surface area contributed by atoms with E-state index in [1.54, 1.807) is 12.1 Å². The molecule has 7 heteroatoms. The van der Waals surface area contributed by atoms with Crippen LogP contribution in [0.5, 0.6) is 11.5 Å². The Balaban J connectivity index is 2.53. The normalized spacial score (nSPS) is 21.3. The molecule has 0 saturated carbocycles. The molecule has 1 unspecified atom stereocenters. The van der Waals surface area contributed by atoms with Gasteiger partial charge in [0, 0.05) is 0 Å². The third kappa shape index (κ3) is 1.84. The molecule has 0 amide bonds. The Kier molecular flexibility index (Phi) is 3.14. The number of fused-ring (bicyclic) bond motifs is 1. The van der Waals surface area contributed by atoms with Crippen LogP contribution in [0, 0.1) is 5.21 Å². The van der Waals surface area contributed by atoms with Crippen LogP contribution in [0.2, 0.25) is 0 Å². The first-order chi connectivity index (χ1) is 7.17.